The monoisotopic (exact) mass is 557 g/mol. The number of benzene rings is 2. The molecular formula is C22H24BrNO9S. The summed E-state index contributed by atoms with van der Waals surface area (Å²) in [4.78, 5) is 36.5. The van der Waals surface area contributed by atoms with Gasteiger partial charge in [-0.05, 0) is 55.3 Å². The van der Waals surface area contributed by atoms with E-state index in [1.807, 2.05) is 0 Å². The van der Waals surface area contributed by atoms with E-state index in [2.05, 4.69) is 15.9 Å². The van der Waals surface area contributed by atoms with Gasteiger partial charge in [-0.3, -0.25) is 13.9 Å². The molecule has 12 heteroatoms. The van der Waals surface area contributed by atoms with E-state index in [9.17, 15) is 27.9 Å². The van der Waals surface area contributed by atoms with Gasteiger partial charge in [0.15, 0.2) is 5.92 Å². The fourth-order valence-corrected chi connectivity index (χ4v) is 4.97. The standard InChI is InChI=1S/C22H24BrNO9S/c1-5-33-22(28)18(20(25)26)11-13-10-14(23)12-17(21(27)32-4)19(13)24(2)34(29,30)16-8-6-15(31-3)7-9-16/h6-10,12,18H,5,11H2,1-4H3,(H,25,26). The van der Waals surface area contributed by atoms with Gasteiger partial charge in [0, 0.05) is 11.5 Å². The Hall–Kier alpha value is -3.12. The van der Waals surface area contributed by atoms with Crippen LogP contribution in [0.3, 0.4) is 0 Å². The van der Waals surface area contributed by atoms with Crippen LogP contribution in [0.15, 0.2) is 45.8 Å². The third kappa shape index (κ3) is 5.86. The molecule has 0 heterocycles. The molecule has 0 fully saturated rings. The minimum absolute atomic E-state index is 0.0346. The topological polar surface area (TPSA) is 137 Å². The number of carbonyl (C=O) groups excluding carboxylic acids is 2. The number of hydrogen-bond acceptors (Lipinski definition) is 8. The molecule has 2 aromatic rings. The Bertz CT molecular complexity index is 1180. The molecule has 184 valence electrons. The zero-order chi connectivity index (χ0) is 25.6. The molecule has 1 N–H and O–H groups in total. The van der Waals surface area contributed by atoms with Gasteiger partial charge in [0.25, 0.3) is 10.0 Å². The highest BCUT2D eigenvalue weighted by Gasteiger charge is 2.33. The number of ether oxygens (including phenoxy) is 3. The minimum Gasteiger partial charge on any atom is -0.497 e. The maximum absolute atomic E-state index is 13.4. The Labute approximate surface area is 205 Å². The lowest BCUT2D eigenvalue weighted by Gasteiger charge is -2.26. The smallest absolute Gasteiger partial charge is 0.340 e. The fraction of sp³-hybridized carbons (Fsp3) is 0.318. The quantitative estimate of drug-likeness (QED) is 0.345. The molecule has 0 saturated carbocycles. The van der Waals surface area contributed by atoms with Gasteiger partial charge in [0.1, 0.15) is 5.75 Å². The van der Waals surface area contributed by atoms with Crippen molar-refractivity contribution in [1.29, 1.82) is 0 Å². The first-order chi connectivity index (χ1) is 16.0. The van der Waals surface area contributed by atoms with Gasteiger partial charge in [0.2, 0.25) is 0 Å². The molecule has 0 radical (unpaired) electrons. The lowest BCUT2D eigenvalue weighted by molar-refractivity contribution is -0.158. The zero-order valence-corrected chi connectivity index (χ0v) is 21.3. The van der Waals surface area contributed by atoms with Gasteiger partial charge in [-0.1, -0.05) is 15.9 Å². The van der Waals surface area contributed by atoms with Crippen LogP contribution in [0.2, 0.25) is 0 Å². The van der Waals surface area contributed by atoms with Crippen molar-refractivity contribution in [2.75, 3.05) is 32.2 Å². The van der Waals surface area contributed by atoms with E-state index in [4.69, 9.17) is 14.2 Å². The van der Waals surface area contributed by atoms with Crippen molar-refractivity contribution in [1.82, 2.24) is 0 Å². The number of nitrogens with zero attached hydrogens (tertiary/aromatic N) is 1. The highest BCUT2D eigenvalue weighted by Crippen LogP contribution is 2.35. The highest BCUT2D eigenvalue weighted by molar-refractivity contribution is 9.10. The second-order valence-electron chi connectivity index (χ2n) is 6.95. The van der Waals surface area contributed by atoms with E-state index in [1.165, 1.54) is 57.5 Å². The number of aliphatic carboxylic acids is 1. The van der Waals surface area contributed by atoms with Gasteiger partial charge >= 0.3 is 17.9 Å². The molecule has 10 nitrogen and oxygen atoms in total. The van der Waals surface area contributed by atoms with Gasteiger partial charge < -0.3 is 19.3 Å². The Morgan fingerprint density at radius 3 is 2.24 bits per heavy atom. The maximum Gasteiger partial charge on any atom is 0.340 e. The largest absolute Gasteiger partial charge is 0.497 e. The SMILES string of the molecule is CCOC(=O)C(Cc1cc(Br)cc(C(=O)OC)c1N(C)S(=O)(=O)c1ccc(OC)cc1)C(=O)O. The van der Waals surface area contributed by atoms with E-state index in [1.54, 1.807) is 0 Å². The van der Waals surface area contributed by atoms with Crippen LogP contribution in [0.25, 0.3) is 0 Å². The van der Waals surface area contributed by atoms with E-state index >= 15 is 0 Å². The van der Waals surface area contributed by atoms with Crippen LogP contribution in [0, 0.1) is 5.92 Å². The van der Waals surface area contributed by atoms with E-state index in [-0.39, 0.29) is 28.3 Å². The molecule has 0 saturated heterocycles. The van der Waals surface area contributed by atoms with Crippen LogP contribution in [-0.4, -0.2) is 59.3 Å². The van der Waals surface area contributed by atoms with Crippen LogP contribution in [0.4, 0.5) is 5.69 Å². The number of hydrogen-bond donors (Lipinski definition) is 1. The number of rotatable bonds is 10. The number of carboxylic acids is 1. The Kier molecular flexibility index (Phi) is 9.05. The fourth-order valence-electron chi connectivity index (χ4n) is 3.21. The first-order valence-electron chi connectivity index (χ1n) is 9.91. The van der Waals surface area contributed by atoms with Gasteiger partial charge in [-0.25, -0.2) is 13.2 Å². The molecule has 34 heavy (non-hydrogen) atoms. The average molecular weight is 558 g/mol. The summed E-state index contributed by atoms with van der Waals surface area (Å²) >= 11 is 3.25. The van der Waals surface area contributed by atoms with Crippen molar-refractivity contribution in [2.24, 2.45) is 5.92 Å². The highest BCUT2D eigenvalue weighted by atomic mass is 79.9. The molecule has 2 aromatic carbocycles. The van der Waals surface area contributed by atoms with Crippen molar-refractivity contribution < 1.29 is 42.1 Å². The van der Waals surface area contributed by atoms with Crippen molar-refractivity contribution in [3.05, 3.63) is 52.0 Å². The van der Waals surface area contributed by atoms with Crippen LogP contribution >= 0.6 is 15.9 Å². The van der Waals surface area contributed by atoms with Gasteiger partial charge in [-0.2, -0.15) is 0 Å². The van der Waals surface area contributed by atoms with Crippen molar-refractivity contribution >= 4 is 49.5 Å². The lowest BCUT2D eigenvalue weighted by Crippen LogP contribution is -2.32. The molecule has 1 unspecified atom stereocenters. The molecule has 1 atom stereocenters. The number of carbonyl (C=O) groups is 3. The third-order valence-electron chi connectivity index (χ3n) is 4.88. The predicted octanol–water partition coefficient (Wildman–Crippen LogP) is 2.88. The summed E-state index contributed by atoms with van der Waals surface area (Å²) in [5.74, 6) is -4.47. The van der Waals surface area contributed by atoms with Crippen LogP contribution < -0.4 is 9.04 Å². The Morgan fingerprint density at radius 1 is 1.12 bits per heavy atom. The number of sulfonamides is 1. The molecule has 0 aromatic heterocycles. The first kappa shape index (κ1) is 27.1. The summed E-state index contributed by atoms with van der Waals surface area (Å²) in [6, 6.07) is 8.39. The molecule has 2 rings (SSSR count). The van der Waals surface area contributed by atoms with Gasteiger partial charge in [0.05, 0.1) is 37.0 Å². The van der Waals surface area contributed by atoms with E-state index in [0.29, 0.717) is 10.2 Å². The second-order valence-corrected chi connectivity index (χ2v) is 9.83. The van der Waals surface area contributed by atoms with Crippen LogP contribution in [0.5, 0.6) is 5.75 Å². The maximum atomic E-state index is 13.4. The van der Waals surface area contributed by atoms with Crippen molar-refractivity contribution in [3.63, 3.8) is 0 Å². The zero-order valence-electron chi connectivity index (χ0n) is 18.9. The lowest BCUT2D eigenvalue weighted by atomic mass is 9.96. The van der Waals surface area contributed by atoms with Crippen LogP contribution in [-0.2, 0) is 35.5 Å². The van der Waals surface area contributed by atoms with Crippen molar-refractivity contribution in [2.45, 2.75) is 18.2 Å². The Balaban J connectivity index is 2.71. The number of methoxy groups -OCH3 is 2. The molecular weight excluding hydrogens is 534 g/mol. The summed E-state index contributed by atoms with van der Waals surface area (Å²) in [5, 5.41) is 9.59. The predicted molar refractivity (Wildman–Crippen MR) is 126 cm³/mol. The van der Waals surface area contributed by atoms with Crippen LogP contribution in [0.1, 0.15) is 22.8 Å². The Morgan fingerprint density at radius 2 is 1.74 bits per heavy atom. The average Bonchev–Trinajstić information content (AvgIpc) is 2.81. The summed E-state index contributed by atoms with van der Waals surface area (Å²) in [6.45, 7) is 1.50. The van der Waals surface area contributed by atoms with Crippen molar-refractivity contribution in [3.8, 4) is 5.75 Å². The van der Waals surface area contributed by atoms with Gasteiger partial charge in [-0.15, -0.1) is 0 Å². The summed E-state index contributed by atoms with van der Waals surface area (Å²) < 4.78 is 42.7. The normalized spacial score (nSPS) is 11.9. The summed E-state index contributed by atoms with van der Waals surface area (Å²) in [5.41, 5.74) is -0.157. The number of esters is 2. The molecule has 0 aliphatic rings. The number of carboxylic acid groups (broad SMARTS) is 1. The van der Waals surface area contributed by atoms with E-state index < -0.39 is 40.3 Å². The summed E-state index contributed by atoms with van der Waals surface area (Å²) in [6.07, 6.45) is -0.435. The third-order valence-corrected chi connectivity index (χ3v) is 7.11. The van der Waals surface area contributed by atoms with E-state index in [0.717, 1.165) is 11.4 Å². The first-order valence-corrected chi connectivity index (χ1v) is 12.1. The molecule has 0 spiro atoms. The molecule has 0 aliphatic heterocycles. The summed E-state index contributed by atoms with van der Waals surface area (Å²) in [7, 11) is -0.423. The molecule has 0 aliphatic carbocycles. The minimum atomic E-state index is -4.21. The number of anilines is 1. The second kappa shape index (κ2) is 11.3. The molecule has 0 bridgehead atoms. The molecule has 0 amide bonds. The number of halogens is 1.